The summed E-state index contributed by atoms with van der Waals surface area (Å²) in [5.74, 6) is -0.923. The quantitative estimate of drug-likeness (QED) is 0.663. The van der Waals surface area contributed by atoms with E-state index in [2.05, 4.69) is 4.98 Å². The van der Waals surface area contributed by atoms with Crippen LogP contribution in [0.15, 0.2) is 42.6 Å². The van der Waals surface area contributed by atoms with Gasteiger partial charge in [-0.15, -0.1) is 0 Å². The monoisotopic (exact) mass is 404 g/mol. The fourth-order valence-electron chi connectivity index (χ4n) is 3.53. The topological polar surface area (TPSA) is 45.3 Å². The molecule has 4 nitrogen and oxygen atoms in total. The molecule has 0 spiro atoms. The second kappa shape index (κ2) is 7.89. The van der Waals surface area contributed by atoms with Crippen molar-refractivity contribution in [3.05, 3.63) is 70.4 Å². The maximum absolute atomic E-state index is 13.7. The Morgan fingerprint density at radius 2 is 1.89 bits per heavy atom. The number of aromatic amines is 1. The molecule has 2 heterocycles. The summed E-state index contributed by atoms with van der Waals surface area (Å²) in [6.07, 6.45) is 2.77. The van der Waals surface area contributed by atoms with Crippen LogP contribution >= 0.6 is 11.6 Å². The van der Waals surface area contributed by atoms with Gasteiger partial charge in [-0.25, -0.2) is 8.78 Å². The summed E-state index contributed by atoms with van der Waals surface area (Å²) in [5.41, 5.74) is 2.22. The van der Waals surface area contributed by atoms with Crippen molar-refractivity contribution in [3.63, 3.8) is 0 Å². The molecule has 1 saturated heterocycles. The van der Waals surface area contributed by atoms with Crippen LogP contribution in [0.25, 0.3) is 10.9 Å². The number of amides is 1. The molecular weight excluding hydrogens is 386 g/mol. The van der Waals surface area contributed by atoms with E-state index in [4.69, 9.17) is 16.3 Å². The number of benzene rings is 2. The molecular formula is C21H19ClF2N2O2. The molecule has 7 heteroatoms. The minimum atomic E-state index is -0.499. The van der Waals surface area contributed by atoms with E-state index in [1.165, 1.54) is 24.3 Å². The van der Waals surface area contributed by atoms with E-state index in [-0.39, 0.29) is 29.8 Å². The average Bonchev–Trinajstić information content (AvgIpc) is 3.33. The number of aromatic nitrogens is 1. The predicted octanol–water partition coefficient (Wildman–Crippen LogP) is 4.81. The van der Waals surface area contributed by atoms with E-state index in [1.807, 2.05) is 0 Å². The van der Waals surface area contributed by atoms with Crippen LogP contribution in [0.5, 0.6) is 0 Å². The standard InChI is InChI=1S/C21H19ClF2N2O2/c22-18-9-16(24)4-3-13(18)11-26(21(27)20-2-1-7-28-20)12-14-10-25-19-6-5-15(23)8-17(14)19/h3-6,8-10,20,25H,1-2,7,11-12H2/t20-/m0/s1. The molecule has 1 atom stereocenters. The number of nitrogens with zero attached hydrogens (tertiary/aromatic N) is 1. The Kier molecular flexibility index (Phi) is 5.33. The average molecular weight is 405 g/mol. The molecule has 0 unspecified atom stereocenters. The highest BCUT2D eigenvalue weighted by atomic mass is 35.5. The van der Waals surface area contributed by atoms with Crippen LogP contribution < -0.4 is 0 Å². The van der Waals surface area contributed by atoms with Crippen molar-refractivity contribution in [1.29, 1.82) is 0 Å². The fraction of sp³-hybridized carbons (Fsp3) is 0.286. The summed E-state index contributed by atoms with van der Waals surface area (Å²) >= 11 is 6.17. The summed E-state index contributed by atoms with van der Waals surface area (Å²) in [7, 11) is 0. The maximum Gasteiger partial charge on any atom is 0.252 e. The van der Waals surface area contributed by atoms with Crippen molar-refractivity contribution in [2.45, 2.75) is 32.0 Å². The Morgan fingerprint density at radius 1 is 1.14 bits per heavy atom. The number of carbonyl (C=O) groups excluding carboxylic acids is 1. The van der Waals surface area contributed by atoms with Gasteiger partial charge in [-0.2, -0.15) is 0 Å². The van der Waals surface area contributed by atoms with Crippen LogP contribution in [-0.4, -0.2) is 28.5 Å². The Labute approximate surface area is 166 Å². The summed E-state index contributed by atoms with van der Waals surface area (Å²) in [6, 6.07) is 8.61. The number of ether oxygens (including phenoxy) is 1. The van der Waals surface area contributed by atoms with Crippen LogP contribution in [0.1, 0.15) is 24.0 Å². The third-order valence-electron chi connectivity index (χ3n) is 4.98. The highest BCUT2D eigenvalue weighted by Gasteiger charge is 2.29. The summed E-state index contributed by atoms with van der Waals surface area (Å²) in [4.78, 5) is 17.8. The normalized spacial score (nSPS) is 16.6. The molecule has 1 aliphatic heterocycles. The molecule has 3 aromatic rings. The minimum Gasteiger partial charge on any atom is -0.368 e. The molecule has 1 aliphatic rings. The highest BCUT2D eigenvalue weighted by molar-refractivity contribution is 6.31. The van der Waals surface area contributed by atoms with Gasteiger partial charge in [0.1, 0.15) is 17.7 Å². The molecule has 0 bridgehead atoms. The first-order valence-electron chi connectivity index (χ1n) is 9.11. The lowest BCUT2D eigenvalue weighted by Gasteiger charge is -2.26. The van der Waals surface area contributed by atoms with Crippen molar-refractivity contribution in [2.24, 2.45) is 0 Å². The highest BCUT2D eigenvalue weighted by Crippen LogP contribution is 2.26. The zero-order valence-electron chi connectivity index (χ0n) is 15.1. The zero-order valence-corrected chi connectivity index (χ0v) is 15.8. The third kappa shape index (κ3) is 3.88. The van der Waals surface area contributed by atoms with Gasteiger partial charge in [0.15, 0.2) is 0 Å². The molecule has 146 valence electrons. The number of hydrogen-bond acceptors (Lipinski definition) is 2. The van der Waals surface area contributed by atoms with E-state index >= 15 is 0 Å². The van der Waals surface area contributed by atoms with Crippen LogP contribution in [0, 0.1) is 11.6 Å². The Bertz CT molecular complexity index is 1010. The lowest BCUT2D eigenvalue weighted by molar-refractivity contribution is -0.142. The van der Waals surface area contributed by atoms with Crippen molar-refractivity contribution < 1.29 is 18.3 Å². The van der Waals surface area contributed by atoms with Gasteiger partial charge in [-0.05, 0) is 54.3 Å². The molecule has 28 heavy (non-hydrogen) atoms. The largest absolute Gasteiger partial charge is 0.368 e. The number of fused-ring (bicyclic) bond motifs is 1. The van der Waals surface area contributed by atoms with Gasteiger partial charge >= 0.3 is 0 Å². The molecule has 1 amide bonds. The zero-order chi connectivity index (χ0) is 19.7. The van der Waals surface area contributed by atoms with Gasteiger partial charge < -0.3 is 14.6 Å². The number of H-pyrrole nitrogens is 1. The molecule has 0 saturated carbocycles. The minimum absolute atomic E-state index is 0.149. The number of hydrogen-bond donors (Lipinski definition) is 1. The van der Waals surface area contributed by atoms with Crippen LogP contribution in [0.4, 0.5) is 8.78 Å². The summed E-state index contributed by atoms with van der Waals surface area (Å²) in [6.45, 7) is 1.02. The smallest absolute Gasteiger partial charge is 0.252 e. The first-order chi connectivity index (χ1) is 13.5. The molecule has 0 radical (unpaired) electrons. The number of nitrogens with one attached hydrogen (secondary N) is 1. The SMILES string of the molecule is O=C([C@@H]1CCCO1)N(Cc1ccc(F)cc1Cl)Cc1c[nH]c2ccc(F)cc12. The molecule has 0 aliphatic carbocycles. The lowest BCUT2D eigenvalue weighted by Crippen LogP contribution is -2.38. The Balaban J connectivity index is 1.65. The first-order valence-corrected chi connectivity index (χ1v) is 9.49. The molecule has 2 aromatic carbocycles. The molecule has 1 aromatic heterocycles. The summed E-state index contributed by atoms with van der Waals surface area (Å²) < 4.78 is 32.6. The van der Waals surface area contributed by atoms with E-state index in [0.29, 0.717) is 18.6 Å². The van der Waals surface area contributed by atoms with Crippen LogP contribution in [-0.2, 0) is 22.6 Å². The molecule has 1 N–H and O–H groups in total. The van der Waals surface area contributed by atoms with E-state index < -0.39 is 11.9 Å². The van der Waals surface area contributed by atoms with Crippen LogP contribution in [0.2, 0.25) is 5.02 Å². The number of halogens is 3. The van der Waals surface area contributed by atoms with Crippen molar-refractivity contribution in [2.75, 3.05) is 6.61 Å². The predicted molar refractivity (Wildman–Crippen MR) is 103 cm³/mol. The Morgan fingerprint density at radius 3 is 2.64 bits per heavy atom. The van der Waals surface area contributed by atoms with Gasteiger partial charge in [0.2, 0.25) is 0 Å². The lowest BCUT2D eigenvalue weighted by atomic mass is 10.1. The third-order valence-corrected chi connectivity index (χ3v) is 5.34. The van der Waals surface area contributed by atoms with Crippen LogP contribution in [0.3, 0.4) is 0 Å². The van der Waals surface area contributed by atoms with Gasteiger partial charge in [-0.3, -0.25) is 4.79 Å². The fourth-order valence-corrected chi connectivity index (χ4v) is 3.76. The number of rotatable bonds is 5. The van der Waals surface area contributed by atoms with E-state index in [1.54, 1.807) is 23.2 Å². The number of carbonyl (C=O) groups is 1. The van der Waals surface area contributed by atoms with Gasteiger partial charge in [0.05, 0.1) is 0 Å². The van der Waals surface area contributed by atoms with Gasteiger partial charge in [0.25, 0.3) is 5.91 Å². The van der Waals surface area contributed by atoms with E-state index in [9.17, 15) is 13.6 Å². The molecule has 4 rings (SSSR count). The van der Waals surface area contributed by atoms with Crippen molar-refractivity contribution in [1.82, 2.24) is 9.88 Å². The molecule has 1 fully saturated rings. The summed E-state index contributed by atoms with van der Waals surface area (Å²) in [5, 5.41) is 0.977. The Hall–Kier alpha value is -2.44. The second-order valence-electron chi connectivity index (χ2n) is 6.94. The van der Waals surface area contributed by atoms with Gasteiger partial charge in [-0.1, -0.05) is 17.7 Å². The van der Waals surface area contributed by atoms with E-state index in [0.717, 1.165) is 22.9 Å². The van der Waals surface area contributed by atoms with Crippen molar-refractivity contribution in [3.8, 4) is 0 Å². The maximum atomic E-state index is 13.7. The first kappa shape index (κ1) is 18.9. The second-order valence-corrected chi connectivity index (χ2v) is 7.34. The van der Waals surface area contributed by atoms with Crippen molar-refractivity contribution >= 4 is 28.4 Å². The van der Waals surface area contributed by atoms with Gasteiger partial charge in [0, 0.05) is 41.8 Å².